The van der Waals surface area contributed by atoms with Gasteiger partial charge in [-0.05, 0) is 32.2 Å². The monoisotopic (exact) mass is 703 g/mol. The number of nitrogens with zero attached hydrogens (tertiary/aromatic N) is 3. The van der Waals surface area contributed by atoms with E-state index in [2.05, 4.69) is 10.0 Å². The molecule has 2 aliphatic carbocycles. The summed E-state index contributed by atoms with van der Waals surface area (Å²) in [6.45, 7) is 3.29. The second kappa shape index (κ2) is 14.4. The molecule has 0 saturated heterocycles. The van der Waals surface area contributed by atoms with Crippen molar-refractivity contribution in [1.82, 2.24) is 0 Å². The van der Waals surface area contributed by atoms with Crippen LogP contribution in [0.5, 0.6) is 0 Å². The van der Waals surface area contributed by atoms with Gasteiger partial charge in [-0.25, -0.2) is 0 Å². The van der Waals surface area contributed by atoms with Gasteiger partial charge in [-0.3, -0.25) is 20.9 Å². The topological polar surface area (TPSA) is 266 Å². The van der Waals surface area contributed by atoms with Crippen LogP contribution in [-0.4, -0.2) is 110 Å². The van der Waals surface area contributed by atoms with Gasteiger partial charge in [0, 0.05) is 4.91 Å². The first-order valence-electron chi connectivity index (χ1n) is 11.5. The van der Waals surface area contributed by atoms with E-state index in [0.717, 1.165) is 31.3 Å². The standard InChI is InChI=1S/C10H18O9S3.C9H15N3O6S2/c1-7-5-8(17-20(2,11)12)10(19-22(4,15)16)9(6-7)18-21(3,13)14;1-6-4-7(11-12-10)9(18-20(3,15)16)8(5-6)17-19(2,13)14/h5,8-10H,6H2,1-4H3;4,7-9H,5H2,1-3H3/t8-,9-,10-;7-,8+,9+/m10/s1. The second-order valence-electron chi connectivity index (χ2n) is 9.60. The van der Waals surface area contributed by atoms with Crippen LogP contribution in [0.15, 0.2) is 28.4 Å². The largest absolute Gasteiger partial charge is 0.265 e. The highest BCUT2D eigenvalue weighted by atomic mass is 32.2. The Labute approximate surface area is 246 Å². The SMILES string of the molecule is CC1=C[C@@H](OS(C)(=O)=O)[C@@H](OS(C)(=O)=O)[C@H](OS(C)(=O)=O)C1.CC1=C[C@H](N=[N+]=[N-])[C@@H](OS(C)(=O)=O)[C@H](OS(C)(=O)=O)C1. The fourth-order valence-corrected chi connectivity index (χ4v) is 7.01. The summed E-state index contributed by atoms with van der Waals surface area (Å²) >= 11 is 0. The summed E-state index contributed by atoms with van der Waals surface area (Å²) in [5.41, 5.74) is 9.80. The van der Waals surface area contributed by atoms with Crippen LogP contribution < -0.4 is 0 Å². The van der Waals surface area contributed by atoms with Crippen molar-refractivity contribution in [3.63, 3.8) is 0 Å². The summed E-state index contributed by atoms with van der Waals surface area (Å²) in [7, 11) is -19.5. The molecule has 42 heavy (non-hydrogen) atoms. The van der Waals surface area contributed by atoms with Crippen molar-refractivity contribution in [2.45, 2.75) is 63.3 Å². The Kier molecular flexibility index (Phi) is 13.2. The highest BCUT2D eigenvalue weighted by Crippen LogP contribution is 2.30. The number of hydrogen-bond acceptors (Lipinski definition) is 16. The molecular formula is C19H33N3O15S5. The predicted molar refractivity (Wildman–Crippen MR) is 148 cm³/mol. The second-order valence-corrected chi connectivity index (χ2v) is 17.6. The van der Waals surface area contributed by atoms with Crippen molar-refractivity contribution in [3.8, 4) is 0 Å². The van der Waals surface area contributed by atoms with Crippen molar-refractivity contribution < 1.29 is 63.0 Å². The fourth-order valence-electron chi connectivity index (χ4n) is 3.91. The number of rotatable bonds is 11. The van der Waals surface area contributed by atoms with E-state index >= 15 is 0 Å². The Bertz CT molecular complexity index is 1640. The molecule has 23 heteroatoms. The van der Waals surface area contributed by atoms with Crippen LogP contribution in [-0.2, 0) is 71.5 Å². The first-order chi connectivity index (χ1) is 18.7. The summed E-state index contributed by atoms with van der Waals surface area (Å²) in [6, 6.07) is -0.963. The van der Waals surface area contributed by atoms with E-state index in [0.29, 0.717) is 11.1 Å². The molecule has 0 aromatic carbocycles. The van der Waals surface area contributed by atoms with E-state index in [1.165, 1.54) is 12.2 Å². The smallest absolute Gasteiger partial charge is 0.264 e. The minimum absolute atomic E-state index is 0.0525. The summed E-state index contributed by atoms with van der Waals surface area (Å²) in [5, 5.41) is 3.42. The summed E-state index contributed by atoms with van der Waals surface area (Å²) in [4.78, 5) is 2.61. The van der Waals surface area contributed by atoms with E-state index in [1.807, 2.05) is 0 Å². The van der Waals surface area contributed by atoms with Crippen molar-refractivity contribution >= 4 is 50.6 Å². The van der Waals surface area contributed by atoms with E-state index < -0.39 is 87.2 Å². The highest BCUT2D eigenvalue weighted by Gasteiger charge is 2.41. The first kappa shape index (κ1) is 38.4. The Balaban J connectivity index is 0.000000422. The van der Waals surface area contributed by atoms with Gasteiger partial charge in [0.1, 0.15) is 30.5 Å². The van der Waals surface area contributed by atoms with Gasteiger partial charge in [0.2, 0.25) is 0 Å². The van der Waals surface area contributed by atoms with Crippen LogP contribution in [0.4, 0.5) is 0 Å². The zero-order chi connectivity index (χ0) is 32.9. The van der Waals surface area contributed by atoms with Crippen molar-refractivity contribution in [1.29, 1.82) is 0 Å². The molecule has 0 heterocycles. The number of azide groups is 1. The van der Waals surface area contributed by atoms with Crippen LogP contribution in [0.3, 0.4) is 0 Å². The summed E-state index contributed by atoms with van der Waals surface area (Å²) in [5.74, 6) is 0. The van der Waals surface area contributed by atoms with E-state index in [1.54, 1.807) is 13.8 Å². The molecule has 0 aromatic heterocycles. The Morgan fingerprint density at radius 2 is 0.976 bits per heavy atom. The van der Waals surface area contributed by atoms with E-state index in [-0.39, 0.29) is 12.8 Å². The lowest BCUT2D eigenvalue weighted by atomic mass is 9.92. The van der Waals surface area contributed by atoms with Crippen molar-refractivity contribution in [3.05, 3.63) is 33.7 Å². The van der Waals surface area contributed by atoms with Gasteiger partial charge in [-0.1, -0.05) is 28.4 Å². The third-order valence-corrected chi connectivity index (χ3v) is 7.89. The minimum atomic E-state index is -4.00. The molecule has 0 unspecified atom stereocenters. The average molecular weight is 704 g/mol. The molecule has 2 aliphatic rings. The van der Waals surface area contributed by atoms with Crippen molar-refractivity contribution in [2.24, 2.45) is 5.11 Å². The summed E-state index contributed by atoms with van der Waals surface area (Å²) < 4.78 is 137. The lowest BCUT2D eigenvalue weighted by Gasteiger charge is -2.33. The lowest BCUT2D eigenvalue weighted by molar-refractivity contribution is -0.00141. The average Bonchev–Trinajstić information content (AvgIpc) is 2.69. The Hall–Kier alpha value is -1.66. The maximum absolute atomic E-state index is 11.4. The molecule has 0 N–H and O–H groups in total. The third kappa shape index (κ3) is 15.7. The van der Waals surface area contributed by atoms with Crippen LogP contribution in [0, 0.1) is 0 Å². The van der Waals surface area contributed by atoms with Crippen LogP contribution >= 0.6 is 0 Å². The zero-order valence-corrected chi connectivity index (χ0v) is 27.6. The molecule has 0 amide bonds. The Morgan fingerprint density at radius 3 is 1.36 bits per heavy atom. The van der Waals surface area contributed by atoms with Gasteiger partial charge in [0.15, 0.2) is 0 Å². The van der Waals surface area contributed by atoms with Gasteiger partial charge < -0.3 is 0 Å². The molecule has 0 aromatic rings. The molecule has 0 bridgehead atoms. The van der Waals surface area contributed by atoms with Gasteiger partial charge in [0.05, 0.1) is 37.3 Å². The molecule has 2 rings (SSSR count). The molecule has 6 atom stereocenters. The first-order valence-corrected chi connectivity index (χ1v) is 20.6. The van der Waals surface area contributed by atoms with Gasteiger partial charge >= 0.3 is 0 Å². The lowest BCUT2D eigenvalue weighted by Crippen LogP contribution is -2.47. The maximum Gasteiger partial charge on any atom is 0.265 e. The van der Waals surface area contributed by atoms with Gasteiger partial charge in [-0.2, -0.15) is 42.1 Å². The molecule has 18 nitrogen and oxygen atoms in total. The van der Waals surface area contributed by atoms with Crippen LogP contribution in [0.25, 0.3) is 10.4 Å². The third-order valence-electron chi connectivity index (χ3n) is 4.98. The van der Waals surface area contributed by atoms with E-state index in [4.69, 9.17) is 26.4 Å². The van der Waals surface area contributed by atoms with E-state index in [9.17, 15) is 42.1 Å². The van der Waals surface area contributed by atoms with Gasteiger partial charge in [-0.15, -0.1) is 0 Å². The highest BCUT2D eigenvalue weighted by molar-refractivity contribution is 7.87. The molecule has 0 radical (unpaired) electrons. The predicted octanol–water partition coefficient (Wildman–Crippen LogP) is 0.0757. The Morgan fingerprint density at radius 1 is 0.619 bits per heavy atom. The molecule has 0 aliphatic heterocycles. The van der Waals surface area contributed by atoms with Crippen molar-refractivity contribution in [2.75, 3.05) is 31.3 Å². The molecule has 0 spiro atoms. The molecule has 0 saturated carbocycles. The normalized spacial score (nSPS) is 27.5. The molecular weight excluding hydrogens is 671 g/mol. The quantitative estimate of drug-likeness (QED) is 0.0906. The maximum atomic E-state index is 11.4. The number of hydrogen-bond donors (Lipinski definition) is 0. The zero-order valence-electron chi connectivity index (χ0n) is 23.5. The van der Waals surface area contributed by atoms with Crippen LogP contribution in [0.2, 0.25) is 0 Å². The summed E-state index contributed by atoms with van der Waals surface area (Å²) in [6.07, 6.45) is 0.836. The minimum Gasteiger partial charge on any atom is -0.264 e. The molecule has 0 fully saturated rings. The fraction of sp³-hybridized carbons (Fsp3) is 0.789. The van der Waals surface area contributed by atoms with Gasteiger partial charge in [0.25, 0.3) is 50.6 Å². The van der Waals surface area contributed by atoms with Crippen LogP contribution in [0.1, 0.15) is 26.7 Å². The molecule has 244 valence electrons.